The normalized spacial score (nSPS) is 22.1. The zero-order chi connectivity index (χ0) is 13.9. The van der Waals surface area contributed by atoms with Crippen LogP contribution in [0.5, 0.6) is 0 Å². The Morgan fingerprint density at radius 1 is 1.37 bits per heavy atom. The van der Waals surface area contributed by atoms with Gasteiger partial charge in [0.2, 0.25) is 0 Å². The van der Waals surface area contributed by atoms with Gasteiger partial charge in [0.15, 0.2) is 0 Å². The minimum Gasteiger partial charge on any atom is -0.327 e. The highest BCUT2D eigenvalue weighted by Crippen LogP contribution is 2.38. The molecule has 1 saturated carbocycles. The highest BCUT2D eigenvalue weighted by molar-refractivity contribution is 5.04. The van der Waals surface area contributed by atoms with Gasteiger partial charge in [-0.1, -0.05) is 33.1 Å². The van der Waals surface area contributed by atoms with Crippen molar-refractivity contribution in [1.82, 2.24) is 9.78 Å². The molecule has 0 saturated heterocycles. The Hall–Kier alpha value is -0.830. The van der Waals surface area contributed by atoms with Gasteiger partial charge in [0.1, 0.15) is 0 Å². The lowest BCUT2D eigenvalue weighted by atomic mass is 9.70. The lowest BCUT2D eigenvalue weighted by Gasteiger charge is -2.38. The Bertz CT molecular complexity index is 390. The van der Waals surface area contributed by atoms with Gasteiger partial charge in [-0.2, -0.15) is 5.10 Å². The van der Waals surface area contributed by atoms with E-state index in [0.29, 0.717) is 11.5 Å². The minimum absolute atomic E-state index is 0.244. The van der Waals surface area contributed by atoms with Crippen molar-refractivity contribution in [2.45, 2.75) is 77.8 Å². The molecule has 3 nitrogen and oxygen atoms in total. The summed E-state index contributed by atoms with van der Waals surface area (Å²) in [6, 6.07) is 2.86. The SMILES string of the molecule is CCC(C)n1ccc(CC(N)C2(C)CCCCC2)n1. The number of nitrogens with zero attached hydrogens (tertiary/aromatic N) is 2. The molecular weight excluding hydrogens is 234 g/mol. The van der Waals surface area contributed by atoms with Crippen molar-refractivity contribution in [3.05, 3.63) is 18.0 Å². The van der Waals surface area contributed by atoms with Crippen LogP contribution in [0.25, 0.3) is 0 Å². The molecule has 2 unspecified atom stereocenters. The molecule has 1 aliphatic rings. The van der Waals surface area contributed by atoms with E-state index in [2.05, 4.69) is 42.8 Å². The van der Waals surface area contributed by atoms with E-state index in [4.69, 9.17) is 5.73 Å². The standard InChI is InChI=1S/C16H29N3/c1-4-13(2)19-11-8-14(18-19)12-15(17)16(3)9-6-5-7-10-16/h8,11,13,15H,4-7,9-10,12,17H2,1-3H3. The molecular formula is C16H29N3. The van der Waals surface area contributed by atoms with Gasteiger partial charge >= 0.3 is 0 Å². The first-order valence-corrected chi connectivity index (χ1v) is 7.85. The minimum atomic E-state index is 0.244. The predicted octanol–water partition coefficient (Wildman–Crippen LogP) is 3.69. The van der Waals surface area contributed by atoms with Crippen molar-refractivity contribution in [3.8, 4) is 0 Å². The Labute approximate surface area is 117 Å². The summed E-state index contributed by atoms with van der Waals surface area (Å²) in [6.07, 6.45) is 10.7. The van der Waals surface area contributed by atoms with Crippen molar-refractivity contribution in [2.75, 3.05) is 0 Å². The highest BCUT2D eigenvalue weighted by atomic mass is 15.3. The topological polar surface area (TPSA) is 43.8 Å². The van der Waals surface area contributed by atoms with Crippen LogP contribution in [0.2, 0.25) is 0 Å². The number of aromatic nitrogens is 2. The molecule has 1 aromatic heterocycles. The summed E-state index contributed by atoms with van der Waals surface area (Å²) in [6.45, 7) is 6.77. The van der Waals surface area contributed by atoms with E-state index >= 15 is 0 Å². The zero-order valence-corrected chi connectivity index (χ0v) is 12.7. The molecule has 0 aliphatic heterocycles. The van der Waals surface area contributed by atoms with Crippen LogP contribution in [-0.2, 0) is 6.42 Å². The molecule has 2 rings (SSSR count). The maximum Gasteiger partial charge on any atom is 0.0640 e. The maximum atomic E-state index is 6.48. The molecule has 2 atom stereocenters. The molecule has 0 spiro atoms. The second kappa shape index (κ2) is 6.08. The van der Waals surface area contributed by atoms with Gasteiger partial charge in [-0.3, -0.25) is 4.68 Å². The Morgan fingerprint density at radius 3 is 2.68 bits per heavy atom. The largest absolute Gasteiger partial charge is 0.327 e. The third-order valence-corrected chi connectivity index (χ3v) is 5.03. The molecule has 2 N–H and O–H groups in total. The van der Waals surface area contributed by atoms with Crippen LogP contribution < -0.4 is 5.73 Å². The highest BCUT2D eigenvalue weighted by Gasteiger charge is 2.33. The molecule has 1 aromatic rings. The van der Waals surface area contributed by atoms with Crippen LogP contribution in [-0.4, -0.2) is 15.8 Å². The van der Waals surface area contributed by atoms with E-state index in [1.165, 1.54) is 32.1 Å². The Balaban J connectivity index is 1.98. The summed E-state index contributed by atoms with van der Waals surface area (Å²) in [7, 11) is 0. The van der Waals surface area contributed by atoms with E-state index in [0.717, 1.165) is 18.5 Å². The van der Waals surface area contributed by atoms with E-state index in [1.54, 1.807) is 0 Å². The second-order valence-electron chi connectivity index (χ2n) is 6.57. The fraction of sp³-hybridized carbons (Fsp3) is 0.812. The number of hydrogen-bond donors (Lipinski definition) is 1. The van der Waals surface area contributed by atoms with Gasteiger partial charge in [0.25, 0.3) is 0 Å². The molecule has 3 heteroatoms. The summed E-state index contributed by atoms with van der Waals surface area (Å²) < 4.78 is 2.07. The van der Waals surface area contributed by atoms with E-state index in [-0.39, 0.29) is 6.04 Å². The molecule has 1 heterocycles. The van der Waals surface area contributed by atoms with Crippen molar-refractivity contribution in [2.24, 2.45) is 11.1 Å². The smallest absolute Gasteiger partial charge is 0.0640 e. The van der Waals surface area contributed by atoms with Crippen molar-refractivity contribution in [3.63, 3.8) is 0 Å². The maximum absolute atomic E-state index is 6.48. The quantitative estimate of drug-likeness (QED) is 0.880. The molecule has 0 bridgehead atoms. The van der Waals surface area contributed by atoms with Crippen LogP contribution in [0, 0.1) is 5.41 Å². The lowest BCUT2D eigenvalue weighted by Crippen LogP contribution is -2.42. The Morgan fingerprint density at radius 2 is 2.05 bits per heavy atom. The number of rotatable bonds is 5. The molecule has 19 heavy (non-hydrogen) atoms. The summed E-state index contributed by atoms with van der Waals surface area (Å²) in [5, 5.41) is 4.68. The average molecular weight is 263 g/mol. The third kappa shape index (κ3) is 3.38. The van der Waals surface area contributed by atoms with Gasteiger partial charge in [-0.05, 0) is 37.7 Å². The first-order valence-electron chi connectivity index (χ1n) is 7.85. The lowest BCUT2D eigenvalue weighted by molar-refractivity contribution is 0.168. The van der Waals surface area contributed by atoms with Crippen LogP contribution in [0.3, 0.4) is 0 Å². The third-order valence-electron chi connectivity index (χ3n) is 5.03. The van der Waals surface area contributed by atoms with Crippen LogP contribution >= 0.6 is 0 Å². The molecule has 1 fully saturated rings. The fourth-order valence-corrected chi connectivity index (χ4v) is 3.12. The zero-order valence-electron chi connectivity index (χ0n) is 12.7. The van der Waals surface area contributed by atoms with Crippen molar-refractivity contribution >= 4 is 0 Å². The van der Waals surface area contributed by atoms with Crippen LogP contribution in [0.4, 0.5) is 0 Å². The first kappa shape index (κ1) is 14.6. The number of hydrogen-bond acceptors (Lipinski definition) is 2. The van der Waals surface area contributed by atoms with Gasteiger partial charge in [0, 0.05) is 24.7 Å². The van der Waals surface area contributed by atoms with Gasteiger partial charge < -0.3 is 5.73 Å². The van der Waals surface area contributed by atoms with Crippen molar-refractivity contribution in [1.29, 1.82) is 0 Å². The van der Waals surface area contributed by atoms with Gasteiger partial charge in [-0.15, -0.1) is 0 Å². The van der Waals surface area contributed by atoms with E-state index < -0.39 is 0 Å². The van der Waals surface area contributed by atoms with Crippen LogP contribution in [0.15, 0.2) is 12.3 Å². The molecule has 0 radical (unpaired) electrons. The van der Waals surface area contributed by atoms with E-state index in [9.17, 15) is 0 Å². The first-order chi connectivity index (χ1) is 9.05. The van der Waals surface area contributed by atoms with Gasteiger partial charge in [0.05, 0.1) is 5.69 Å². The summed E-state index contributed by atoms with van der Waals surface area (Å²) in [5.41, 5.74) is 7.95. The average Bonchev–Trinajstić information content (AvgIpc) is 2.87. The number of nitrogens with two attached hydrogens (primary N) is 1. The van der Waals surface area contributed by atoms with Crippen LogP contribution in [0.1, 0.15) is 71.0 Å². The Kier molecular flexibility index (Phi) is 4.67. The summed E-state index contributed by atoms with van der Waals surface area (Å²) >= 11 is 0. The fourth-order valence-electron chi connectivity index (χ4n) is 3.12. The molecule has 108 valence electrons. The summed E-state index contributed by atoms with van der Waals surface area (Å²) in [4.78, 5) is 0. The van der Waals surface area contributed by atoms with Crippen molar-refractivity contribution < 1.29 is 0 Å². The van der Waals surface area contributed by atoms with Gasteiger partial charge in [-0.25, -0.2) is 0 Å². The second-order valence-corrected chi connectivity index (χ2v) is 6.57. The molecule has 1 aliphatic carbocycles. The molecule has 0 aromatic carbocycles. The van der Waals surface area contributed by atoms with E-state index in [1.807, 2.05) is 0 Å². The summed E-state index contributed by atoms with van der Waals surface area (Å²) in [5.74, 6) is 0. The molecule has 0 amide bonds. The predicted molar refractivity (Wildman–Crippen MR) is 80.1 cm³/mol. The monoisotopic (exact) mass is 263 g/mol.